The Morgan fingerprint density at radius 3 is 2.70 bits per heavy atom. The number of nitrogens with one attached hydrogen (secondary N) is 3. The number of rotatable bonds is 12. The topological polar surface area (TPSA) is 82.7 Å². The number of nitrogens with zero attached hydrogens (tertiary/aromatic N) is 1. The molecule has 2 aliphatic rings. The Bertz CT molecular complexity index is 868. The molecule has 1 saturated heterocycles. The van der Waals surface area contributed by atoms with Crippen LogP contribution in [-0.4, -0.2) is 62.7 Å². The molecule has 2 fully saturated rings. The van der Waals surface area contributed by atoms with E-state index >= 15 is 4.39 Å². The molecule has 3 N–H and O–H groups in total. The second-order valence-electron chi connectivity index (χ2n) is 10.4. The van der Waals surface area contributed by atoms with Crippen LogP contribution in [-0.2, 0) is 9.53 Å². The van der Waals surface area contributed by atoms with Gasteiger partial charge in [0.2, 0.25) is 5.91 Å². The van der Waals surface area contributed by atoms with Crippen LogP contribution >= 0.6 is 11.6 Å². The molecule has 3 rings (SSSR count). The number of likely N-dealkylation sites (N-methyl/N-ethyl adjacent to an activating group) is 1. The smallest absolute Gasteiger partial charge is 0.317 e. The van der Waals surface area contributed by atoms with Gasteiger partial charge in [0.15, 0.2) is 0 Å². The molecule has 0 unspecified atom stereocenters. The molecule has 0 aromatic heterocycles. The summed E-state index contributed by atoms with van der Waals surface area (Å²) in [6.45, 7) is 4.42. The first kappa shape index (κ1) is 29.7. The van der Waals surface area contributed by atoms with Crippen molar-refractivity contribution in [2.24, 2.45) is 11.8 Å². The first-order chi connectivity index (χ1) is 17.9. The monoisotopic (exact) mass is 538 g/mol. The van der Waals surface area contributed by atoms with Gasteiger partial charge in [-0.15, -0.1) is 0 Å². The minimum absolute atomic E-state index is 0.0397. The second-order valence-corrected chi connectivity index (χ2v) is 10.8. The maximum atomic E-state index is 15.1. The molecular formula is C28H44ClFN4O3. The number of hydrogen-bond acceptors (Lipinski definition) is 4. The molecule has 0 spiro atoms. The molecule has 7 nitrogen and oxygen atoms in total. The van der Waals surface area contributed by atoms with E-state index in [2.05, 4.69) is 16.0 Å². The van der Waals surface area contributed by atoms with Crippen molar-refractivity contribution < 1.29 is 18.7 Å². The lowest BCUT2D eigenvalue weighted by Crippen LogP contribution is -2.52. The number of likely N-dealkylation sites (tertiary alicyclic amines) is 1. The number of piperidine rings is 1. The largest absolute Gasteiger partial charge is 0.373 e. The number of urea groups is 1. The van der Waals surface area contributed by atoms with Gasteiger partial charge in [-0.05, 0) is 45.2 Å². The van der Waals surface area contributed by atoms with Gasteiger partial charge < -0.3 is 25.6 Å². The van der Waals surface area contributed by atoms with Crippen molar-refractivity contribution in [1.29, 1.82) is 0 Å². The highest BCUT2D eigenvalue weighted by Crippen LogP contribution is 2.36. The predicted octanol–water partition coefficient (Wildman–Crippen LogP) is 5.04. The lowest BCUT2D eigenvalue weighted by molar-refractivity contribution is -0.123. The molecule has 3 amide bonds. The van der Waals surface area contributed by atoms with E-state index in [9.17, 15) is 9.59 Å². The number of halogens is 2. The molecule has 1 saturated carbocycles. The Kier molecular flexibility index (Phi) is 12.4. The van der Waals surface area contributed by atoms with Gasteiger partial charge in [0.05, 0.1) is 17.7 Å². The van der Waals surface area contributed by atoms with Gasteiger partial charge in [0.25, 0.3) is 0 Å². The van der Waals surface area contributed by atoms with Gasteiger partial charge >= 0.3 is 6.03 Å². The molecule has 208 valence electrons. The Morgan fingerprint density at radius 1 is 1.19 bits per heavy atom. The lowest BCUT2D eigenvalue weighted by atomic mass is 9.85. The molecule has 3 atom stereocenters. The average molecular weight is 539 g/mol. The first-order valence-electron chi connectivity index (χ1n) is 13.9. The number of carbonyl (C=O) groups is 2. The van der Waals surface area contributed by atoms with E-state index in [4.69, 9.17) is 16.3 Å². The number of benzene rings is 1. The molecule has 1 heterocycles. The number of amides is 3. The van der Waals surface area contributed by atoms with E-state index in [-0.39, 0.29) is 41.9 Å². The third-order valence-electron chi connectivity index (χ3n) is 7.58. The summed E-state index contributed by atoms with van der Waals surface area (Å²) in [5, 5.41) is 9.29. The summed E-state index contributed by atoms with van der Waals surface area (Å²) < 4.78 is 21.2. The fraction of sp³-hybridized carbons (Fsp3) is 0.714. The van der Waals surface area contributed by atoms with Gasteiger partial charge in [0, 0.05) is 50.1 Å². The van der Waals surface area contributed by atoms with Crippen LogP contribution in [0.25, 0.3) is 0 Å². The number of carbonyl (C=O) groups excluding carboxylic acids is 2. The maximum absolute atomic E-state index is 15.1. The van der Waals surface area contributed by atoms with E-state index in [0.717, 1.165) is 25.8 Å². The first-order valence-corrected chi connectivity index (χ1v) is 14.3. The SMILES string of the molecule is CCNC(=O)CCO[C@@H](c1cccc(Cl)c1F)[C@@H]1CCCN(C(=O)N[C@H](CNC)CC2CCCCC2)C1. The number of ether oxygens (including phenoxy) is 1. The van der Waals surface area contributed by atoms with Crippen molar-refractivity contribution >= 4 is 23.5 Å². The molecule has 37 heavy (non-hydrogen) atoms. The van der Waals surface area contributed by atoms with E-state index in [1.165, 1.54) is 38.2 Å². The lowest BCUT2D eigenvalue weighted by Gasteiger charge is -2.38. The zero-order valence-corrected chi connectivity index (χ0v) is 23.1. The van der Waals surface area contributed by atoms with Gasteiger partial charge in [-0.3, -0.25) is 4.79 Å². The Morgan fingerprint density at radius 2 is 1.97 bits per heavy atom. The fourth-order valence-corrected chi connectivity index (χ4v) is 5.94. The molecule has 9 heteroatoms. The predicted molar refractivity (Wildman–Crippen MR) is 145 cm³/mol. The quantitative estimate of drug-likeness (QED) is 0.348. The zero-order valence-electron chi connectivity index (χ0n) is 22.4. The minimum atomic E-state index is -0.598. The van der Waals surface area contributed by atoms with Crippen LogP contribution in [0.2, 0.25) is 5.02 Å². The Balaban J connectivity index is 1.67. The molecule has 1 aliphatic heterocycles. The van der Waals surface area contributed by atoms with E-state index in [1.54, 1.807) is 12.1 Å². The van der Waals surface area contributed by atoms with Crippen LogP contribution in [0.1, 0.15) is 76.4 Å². The van der Waals surface area contributed by atoms with Crippen molar-refractivity contribution in [3.63, 3.8) is 0 Å². The molecular weight excluding hydrogens is 495 g/mol. The van der Waals surface area contributed by atoms with Crippen molar-refractivity contribution in [2.75, 3.05) is 39.8 Å². The maximum Gasteiger partial charge on any atom is 0.317 e. The molecule has 0 radical (unpaired) electrons. The fourth-order valence-electron chi connectivity index (χ4n) is 5.76. The summed E-state index contributed by atoms with van der Waals surface area (Å²) in [6.07, 6.45) is 8.53. The van der Waals surface area contributed by atoms with Gasteiger partial charge in [-0.1, -0.05) is 55.8 Å². The highest BCUT2D eigenvalue weighted by Gasteiger charge is 2.34. The highest BCUT2D eigenvalue weighted by molar-refractivity contribution is 6.30. The summed E-state index contributed by atoms with van der Waals surface area (Å²) >= 11 is 6.09. The zero-order chi connectivity index (χ0) is 26.6. The summed E-state index contributed by atoms with van der Waals surface area (Å²) in [5.41, 5.74) is 0.376. The van der Waals surface area contributed by atoms with E-state index < -0.39 is 11.9 Å². The van der Waals surface area contributed by atoms with Crippen LogP contribution < -0.4 is 16.0 Å². The highest BCUT2D eigenvalue weighted by atomic mass is 35.5. The van der Waals surface area contributed by atoms with Crippen molar-refractivity contribution in [1.82, 2.24) is 20.9 Å². The van der Waals surface area contributed by atoms with Crippen LogP contribution in [0, 0.1) is 17.7 Å². The van der Waals surface area contributed by atoms with E-state index in [0.29, 0.717) is 31.1 Å². The standard InChI is InChI=1S/C28H44ClFN4O3/c1-3-32-25(35)14-16-37-27(23-12-7-13-24(29)26(23)30)21-11-8-15-34(19-21)28(36)33-22(18-31-2)17-20-9-5-4-6-10-20/h7,12-13,20-22,27,31H,3-6,8-11,14-19H2,1-2H3,(H,32,35)(H,33,36)/t21-,22+,27-/m1/s1. The van der Waals surface area contributed by atoms with Crippen molar-refractivity contribution in [2.45, 2.75) is 76.9 Å². The Labute approximate surface area is 226 Å². The van der Waals surface area contributed by atoms with Gasteiger partial charge in [0.1, 0.15) is 5.82 Å². The Hall–Kier alpha value is -1.90. The van der Waals surface area contributed by atoms with Gasteiger partial charge in [-0.2, -0.15) is 0 Å². The van der Waals surface area contributed by atoms with Crippen LogP contribution in [0.4, 0.5) is 9.18 Å². The third-order valence-corrected chi connectivity index (χ3v) is 7.87. The summed E-state index contributed by atoms with van der Waals surface area (Å²) in [7, 11) is 1.92. The van der Waals surface area contributed by atoms with Crippen molar-refractivity contribution in [3.8, 4) is 0 Å². The minimum Gasteiger partial charge on any atom is -0.373 e. The van der Waals surface area contributed by atoms with Crippen LogP contribution in [0.3, 0.4) is 0 Å². The summed E-state index contributed by atoms with van der Waals surface area (Å²) in [6, 6.07) is 4.91. The van der Waals surface area contributed by atoms with Crippen LogP contribution in [0.5, 0.6) is 0 Å². The normalized spacial score (nSPS) is 20.3. The molecule has 1 aliphatic carbocycles. The molecule has 1 aromatic carbocycles. The second kappa shape index (κ2) is 15.5. The van der Waals surface area contributed by atoms with Gasteiger partial charge in [-0.25, -0.2) is 9.18 Å². The number of hydrogen-bond donors (Lipinski definition) is 3. The summed E-state index contributed by atoms with van der Waals surface area (Å²) in [4.78, 5) is 27.1. The van der Waals surface area contributed by atoms with Crippen molar-refractivity contribution in [3.05, 3.63) is 34.6 Å². The summed E-state index contributed by atoms with van der Waals surface area (Å²) in [5.74, 6) is -0.0564. The van der Waals surface area contributed by atoms with Crippen LogP contribution in [0.15, 0.2) is 18.2 Å². The third kappa shape index (κ3) is 9.11. The average Bonchev–Trinajstić information content (AvgIpc) is 2.89. The molecule has 1 aromatic rings. The van der Waals surface area contributed by atoms with E-state index in [1.807, 2.05) is 18.9 Å². The molecule has 0 bridgehead atoms.